The lowest BCUT2D eigenvalue weighted by Crippen LogP contribution is -2.26. The number of aromatic hydroxyl groups is 1. The average Bonchev–Trinajstić information content (AvgIpc) is 3.20. The van der Waals surface area contributed by atoms with E-state index in [-0.39, 0.29) is 68.6 Å². The van der Waals surface area contributed by atoms with Crippen molar-refractivity contribution in [1.82, 2.24) is 0 Å². The van der Waals surface area contributed by atoms with Crippen LogP contribution in [0.4, 0.5) is 0 Å². The van der Waals surface area contributed by atoms with E-state index in [1.165, 1.54) is 7.11 Å². The van der Waals surface area contributed by atoms with Crippen LogP contribution < -0.4 is 9.47 Å². The summed E-state index contributed by atoms with van der Waals surface area (Å²) in [6, 6.07) is 21.8. The number of phenolic OH excluding ortho intramolecular Hbond substituents is 1. The summed E-state index contributed by atoms with van der Waals surface area (Å²) < 4.78 is 39.4. The van der Waals surface area contributed by atoms with E-state index in [0.29, 0.717) is 33.6 Å². The molecular formula is C49H64O12. The fourth-order valence-corrected chi connectivity index (χ4v) is 6.63. The van der Waals surface area contributed by atoms with Crippen LogP contribution in [0.25, 0.3) is 0 Å². The van der Waals surface area contributed by atoms with E-state index in [4.69, 9.17) is 33.2 Å². The minimum atomic E-state index is -1.17. The van der Waals surface area contributed by atoms with Crippen molar-refractivity contribution in [3.8, 4) is 17.2 Å². The van der Waals surface area contributed by atoms with E-state index >= 15 is 0 Å². The van der Waals surface area contributed by atoms with Crippen LogP contribution in [0, 0.1) is 0 Å². The van der Waals surface area contributed by atoms with Crippen molar-refractivity contribution in [2.24, 2.45) is 0 Å². The zero-order valence-electron chi connectivity index (χ0n) is 37.5. The molecule has 12 nitrogen and oxygen atoms in total. The number of aliphatic hydroxyl groups excluding tert-OH is 2. The molecule has 0 amide bonds. The SMILES string of the molecule is COCc1cc(C(C)(C)c2cc(COC)c(OCC(O)COC(=O)c3ccc(C(C)(C)C)cc3)c(COC)c2)cc(O)c1OCC(O)COC(=O)c1ccc(C(C)(C)C)cc1. The third-order valence-electron chi connectivity index (χ3n) is 10.4. The molecule has 0 radical (unpaired) electrons. The predicted molar refractivity (Wildman–Crippen MR) is 233 cm³/mol. The highest BCUT2D eigenvalue weighted by Gasteiger charge is 2.29. The molecule has 0 bridgehead atoms. The third kappa shape index (κ3) is 13.3. The van der Waals surface area contributed by atoms with Gasteiger partial charge in [0, 0.05) is 43.4 Å². The van der Waals surface area contributed by atoms with E-state index in [9.17, 15) is 24.9 Å². The lowest BCUT2D eigenvalue weighted by atomic mass is 9.76. The van der Waals surface area contributed by atoms with Gasteiger partial charge in [0.1, 0.15) is 44.4 Å². The first kappa shape index (κ1) is 48.7. The molecule has 0 saturated heterocycles. The molecule has 0 aliphatic rings. The van der Waals surface area contributed by atoms with Crippen LogP contribution in [-0.2, 0) is 59.7 Å². The Balaban J connectivity index is 1.47. The number of esters is 2. The van der Waals surface area contributed by atoms with Gasteiger partial charge in [-0.15, -0.1) is 0 Å². The van der Waals surface area contributed by atoms with Gasteiger partial charge in [-0.25, -0.2) is 9.59 Å². The maximum atomic E-state index is 12.7. The number of carbonyl (C=O) groups excluding carboxylic acids is 2. The molecule has 4 aromatic carbocycles. The first-order chi connectivity index (χ1) is 28.7. The van der Waals surface area contributed by atoms with Gasteiger partial charge in [-0.05, 0) is 81.6 Å². The monoisotopic (exact) mass is 844 g/mol. The number of carbonyl (C=O) groups is 2. The number of hydrogen-bond acceptors (Lipinski definition) is 12. The Morgan fingerprint density at radius 3 is 1.21 bits per heavy atom. The fourth-order valence-electron chi connectivity index (χ4n) is 6.63. The van der Waals surface area contributed by atoms with Gasteiger partial charge in [-0.3, -0.25) is 0 Å². The molecule has 0 fully saturated rings. The van der Waals surface area contributed by atoms with Crippen LogP contribution in [0.1, 0.15) is 115 Å². The highest BCUT2D eigenvalue weighted by atomic mass is 16.6. The van der Waals surface area contributed by atoms with Crippen molar-refractivity contribution in [2.75, 3.05) is 47.8 Å². The number of ether oxygens (including phenoxy) is 7. The Kier molecular flexibility index (Phi) is 16.9. The van der Waals surface area contributed by atoms with E-state index in [0.717, 1.165) is 22.3 Å². The highest BCUT2D eigenvalue weighted by Crippen LogP contribution is 2.42. The normalized spacial score (nSPS) is 13.1. The minimum absolute atomic E-state index is 0.0551. The lowest BCUT2D eigenvalue weighted by Gasteiger charge is -2.30. The summed E-state index contributed by atoms with van der Waals surface area (Å²) in [6.45, 7) is 16.0. The smallest absolute Gasteiger partial charge is 0.338 e. The van der Waals surface area contributed by atoms with Gasteiger partial charge < -0.3 is 48.5 Å². The number of aliphatic hydroxyl groups is 2. The summed E-state index contributed by atoms with van der Waals surface area (Å²) in [5, 5.41) is 32.8. The molecule has 0 saturated carbocycles. The number of methoxy groups -OCH3 is 3. The molecule has 0 aliphatic carbocycles. The van der Waals surface area contributed by atoms with E-state index < -0.39 is 29.6 Å². The van der Waals surface area contributed by atoms with Crippen molar-refractivity contribution in [3.63, 3.8) is 0 Å². The van der Waals surface area contributed by atoms with Crippen LogP contribution >= 0.6 is 0 Å². The molecule has 2 atom stereocenters. The topological polar surface area (TPSA) is 159 Å². The predicted octanol–water partition coefficient (Wildman–Crippen LogP) is 7.95. The molecule has 332 valence electrons. The summed E-state index contributed by atoms with van der Waals surface area (Å²) >= 11 is 0. The lowest BCUT2D eigenvalue weighted by molar-refractivity contribution is 0.0121. The quantitative estimate of drug-likeness (QED) is 0.0739. The Morgan fingerprint density at radius 2 is 0.852 bits per heavy atom. The largest absolute Gasteiger partial charge is 0.504 e. The maximum absolute atomic E-state index is 12.7. The Bertz CT molecular complexity index is 2030. The second-order valence-corrected chi connectivity index (χ2v) is 17.8. The van der Waals surface area contributed by atoms with Crippen LogP contribution in [0.3, 0.4) is 0 Å². The number of rotatable bonds is 20. The minimum Gasteiger partial charge on any atom is -0.504 e. The number of hydrogen-bond donors (Lipinski definition) is 3. The summed E-state index contributed by atoms with van der Waals surface area (Å²) in [6.07, 6.45) is -2.29. The molecule has 2 unspecified atom stereocenters. The third-order valence-corrected chi connectivity index (χ3v) is 10.4. The molecule has 3 N–H and O–H groups in total. The van der Waals surface area contributed by atoms with Gasteiger partial charge in [0.25, 0.3) is 0 Å². The Morgan fingerprint density at radius 1 is 0.508 bits per heavy atom. The molecule has 0 spiro atoms. The summed E-state index contributed by atoms with van der Waals surface area (Å²) in [7, 11) is 4.67. The van der Waals surface area contributed by atoms with Crippen LogP contribution in [-0.4, -0.2) is 87.2 Å². The maximum Gasteiger partial charge on any atom is 0.338 e. The van der Waals surface area contributed by atoms with Gasteiger partial charge in [0.2, 0.25) is 0 Å². The summed E-state index contributed by atoms with van der Waals surface area (Å²) in [4.78, 5) is 25.4. The van der Waals surface area contributed by atoms with Crippen molar-refractivity contribution in [2.45, 2.75) is 104 Å². The first-order valence-electron chi connectivity index (χ1n) is 20.4. The first-order valence-corrected chi connectivity index (χ1v) is 20.4. The zero-order valence-corrected chi connectivity index (χ0v) is 37.5. The Hall–Kier alpha value is -4.98. The molecule has 12 heteroatoms. The van der Waals surface area contributed by atoms with Gasteiger partial charge in [0.15, 0.2) is 11.5 Å². The number of benzene rings is 4. The number of phenols is 1. The second kappa shape index (κ2) is 21.2. The molecule has 4 rings (SSSR count). The van der Waals surface area contributed by atoms with Crippen molar-refractivity contribution in [3.05, 3.63) is 123 Å². The van der Waals surface area contributed by atoms with Gasteiger partial charge in [-0.2, -0.15) is 0 Å². The van der Waals surface area contributed by atoms with E-state index in [2.05, 4.69) is 41.5 Å². The molecule has 0 heterocycles. The highest BCUT2D eigenvalue weighted by molar-refractivity contribution is 5.90. The Labute approximate surface area is 360 Å². The van der Waals surface area contributed by atoms with Gasteiger partial charge in [-0.1, -0.05) is 79.7 Å². The average molecular weight is 845 g/mol. The summed E-state index contributed by atoms with van der Waals surface area (Å²) in [5.41, 5.74) is 5.64. The van der Waals surface area contributed by atoms with E-state index in [1.54, 1.807) is 44.6 Å². The molecule has 0 aliphatic heterocycles. The standard InChI is InChI=1S/C49H64O12/c1-47(2,3)36-16-12-31(13-17-36)45(53)60-29-40(50)27-58-43-33(24-55-9)20-38(21-34(43)25-56-10)49(7,8)39-22-35(26-57-11)44(42(52)23-39)59-28-41(51)30-61-46(54)32-14-18-37(19-15-32)48(4,5)6/h12-23,40-41,50-52H,24-30H2,1-11H3. The van der Waals surface area contributed by atoms with Crippen LogP contribution in [0.15, 0.2) is 72.8 Å². The van der Waals surface area contributed by atoms with Crippen LogP contribution in [0.2, 0.25) is 0 Å². The van der Waals surface area contributed by atoms with Crippen molar-refractivity contribution < 1.29 is 58.1 Å². The second-order valence-electron chi connectivity index (χ2n) is 17.8. The van der Waals surface area contributed by atoms with Crippen molar-refractivity contribution >= 4 is 11.9 Å². The molecular weight excluding hydrogens is 781 g/mol. The van der Waals surface area contributed by atoms with Gasteiger partial charge >= 0.3 is 11.9 Å². The van der Waals surface area contributed by atoms with E-state index in [1.807, 2.05) is 56.3 Å². The zero-order chi connectivity index (χ0) is 45.1. The van der Waals surface area contributed by atoms with Gasteiger partial charge in [0.05, 0.1) is 30.9 Å². The van der Waals surface area contributed by atoms with Crippen molar-refractivity contribution in [1.29, 1.82) is 0 Å². The molecule has 61 heavy (non-hydrogen) atoms. The molecule has 4 aromatic rings. The molecule has 0 aromatic heterocycles. The fraction of sp³-hybridized carbons (Fsp3) is 0.469. The summed E-state index contributed by atoms with van der Waals surface area (Å²) in [5.74, 6) is -0.659. The van der Waals surface area contributed by atoms with Crippen LogP contribution in [0.5, 0.6) is 17.2 Å².